The van der Waals surface area contributed by atoms with Crippen LogP contribution in [-0.4, -0.2) is 6.16 Å². The SMILES string of the molecule is [CH2]OC(=O)OC(c1ccccc1)c1ccccc1. The predicted octanol–water partition coefficient (Wildman–Crippen LogP) is 3.72. The molecule has 0 aliphatic heterocycles. The van der Waals surface area contributed by atoms with E-state index in [1.165, 1.54) is 0 Å². The third-order valence-corrected chi connectivity index (χ3v) is 2.54. The van der Waals surface area contributed by atoms with Gasteiger partial charge in [-0.25, -0.2) is 4.79 Å². The van der Waals surface area contributed by atoms with Gasteiger partial charge in [0.1, 0.15) is 7.11 Å². The zero-order valence-corrected chi connectivity index (χ0v) is 9.78. The van der Waals surface area contributed by atoms with Crippen molar-refractivity contribution in [2.24, 2.45) is 0 Å². The Morgan fingerprint density at radius 1 is 0.889 bits per heavy atom. The molecule has 0 aromatic heterocycles. The topological polar surface area (TPSA) is 35.5 Å². The monoisotopic (exact) mass is 241 g/mol. The average molecular weight is 241 g/mol. The summed E-state index contributed by atoms with van der Waals surface area (Å²) in [7, 11) is 3.05. The second kappa shape index (κ2) is 5.87. The third-order valence-electron chi connectivity index (χ3n) is 2.54. The van der Waals surface area contributed by atoms with Gasteiger partial charge >= 0.3 is 6.16 Å². The molecule has 0 spiro atoms. The van der Waals surface area contributed by atoms with E-state index < -0.39 is 12.3 Å². The van der Waals surface area contributed by atoms with Crippen LogP contribution in [0.25, 0.3) is 0 Å². The molecule has 0 aliphatic rings. The van der Waals surface area contributed by atoms with Crippen molar-refractivity contribution in [3.63, 3.8) is 0 Å². The van der Waals surface area contributed by atoms with Crippen LogP contribution in [0.15, 0.2) is 60.7 Å². The smallest absolute Gasteiger partial charge is 0.431 e. The Labute approximate surface area is 106 Å². The number of rotatable bonds is 3. The maximum absolute atomic E-state index is 11.3. The van der Waals surface area contributed by atoms with Crippen LogP contribution in [0.5, 0.6) is 0 Å². The molecule has 2 aromatic carbocycles. The predicted molar refractivity (Wildman–Crippen MR) is 67.7 cm³/mol. The van der Waals surface area contributed by atoms with Crippen molar-refractivity contribution >= 4 is 6.16 Å². The summed E-state index contributed by atoms with van der Waals surface area (Å²) in [6.07, 6.45) is -1.28. The van der Waals surface area contributed by atoms with Gasteiger partial charge in [0.25, 0.3) is 0 Å². The van der Waals surface area contributed by atoms with Crippen LogP contribution in [-0.2, 0) is 9.47 Å². The number of hydrogen-bond acceptors (Lipinski definition) is 3. The van der Waals surface area contributed by atoms with Crippen LogP contribution >= 0.6 is 0 Å². The summed E-state index contributed by atoms with van der Waals surface area (Å²) in [5.74, 6) is 0. The third kappa shape index (κ3) is 2.88. The van der Waals surface area contributed by atoms with E-state index in [1.54, 1.807) is 0 Å². The normalized spacial score (nSPS) is 10.1. The highest BCUT2D eigenvalue weighted by molar-refractivity contribution is 5.61. The minimum atomic E-state index is -0.798. The van der Waals surface area contributed by atoms with Gasteiger partial charge in [-0.3, -0.25) is 0 Å². The molecule has 2 aromatic rings. The Hall–Kier alpha value is -2.29. The first kappa shape index (κ1) is 12.2. The summed E-state index contributed by atoms with van der Waals surface area (Å²) in [5, 5.41) is 0. The van der Waals surface area contributed by atoms with Gasteiger partial charge in [0.05, 0.1) is 0 Å². The largest absolute Gasteiger partial charge is 0.509 e. The molecule has 0 unspecified atom stereocenters. The fourth-order valence-corrected chi connectivity index (χ4v) is 1.71. The number of ether oxygens (including phenoxy) is 2. The lowest BCUT2D eigenvalue weighted by atomic mass is 10.0. The summed E-state index contributed by atoms with van der Waals surface area (Å²) >= 11 is 0. The van der Waals surface area contributed by atoms with E-state index in [9.17, 15) is 4.79 Å². The van der Waals surface area contributed by atoms with Gasteiger partial charge in [-0.2, -0.15) is 0 Å². The molecule has 3 nitrogen and oxygen atoms in total. The fraction of sp³-hybridized carbons (Fsp3) is 0.0667. The Morgan fingerprint density at radius 3 is 1.72 bits per heavy atom. The first-order chi connectivity index (χ1) is 8.81. The average Bonchev–Trinajstić information content (AvgIpc) is 2.46. The Kier molecular flexibility index (Phi) is 3.97. The summed E-state index contributed by atoms with van der Waals surface area (Å²) in [6.45, 7) is 0. The van der Waals surface area contributed by atoms with Gasteiger partial charge in [-0.05, 0) is 11.1 Å². The molecule has 0 saturated carbocycles. The summed E-state index contributed by atoms with van der Waals surface area (Å²) in [6, 6.07) is 19.0. The van der Waals surface area contributed by atoms with E-state index in [4.69, 9.17) is 4.74 Å². The summed E-state index contributed by atoms with van der Waals surface area (Å²) in [4.78, 5) is 11.3. The van der Waals surface area contributed by atoms with E-state index >= 15 is 0 Å². The molecular weight excluding hydrogens is 228 g/mol. The van der Waals surface area contributed by atoms with Crippen molar-refractivity contribution < 1.29 is 14.3 Å². The molecule has 0 amide bonds. The van der Waals surface area contributed by atoms with Gasteiger partial charge < -0.3 is 9.47 Å². The fourth-order valence-electron chi connectivity index (χ4n) is 1.71. The summed E-state index contributed by atoms with van der Waals surface area (Å²) < 4.78 is 9.56. The van der Waals surface area contributed by atoms with E-state index in [0.29, 0.717) is 0 Å². The molecule has 0 heterocycles. The van der Waals surface area contributed by atoms with E-state index in [2.05, 4.69) is 11.8 Å². The molecule has 3 heteroatoms. The molecule has 0 atom stereocenters. The second-order valence-corrected chi connectivity index (χ2v) is 3.71. The molecule has 0 fully saturated rings. The van der Waals surface area contributed by atoms with Gasteiger partial charge in [0.15, 0.2) is 6.10 Å². The standard InChI is InChI=1S/C15H13O3/c1-17-15(16)18-14(12-8-4-2-5-9-12)13-10-6-3-7-11-13/h2-11,14H,1H2. The highest BCUT2D eigenvalue weighted by Gasteiger charge is 2.18. The van der Waals surface area contributed by atoms with Gasteiger partial charge in [0, 0.05) is 0 Å². The summed E-state index contributed by atoms with van der Waals surface area (Å²) in [5.41, 5.74) is 1.77. The van der Waals surface area contributed by atoms with E-state index in [1.807, 2.05) is 60.7 Å². The maximum Gasteiger partial charge on any atom is 0.509 e. The Balaban J connectivity index is 2.32. The lowest BCUT2D eigenvalue weighted by molar-refractivity contribution is 0.0588. The number of carbonyl (C=O) groups is 1. The van der Waals surface area contributed by atoms with E-state index in [0.717, 1.165) is 11.1 Å². The van der Waals surface area contributed by atoms with Crippen LogP contribution in [0.4, 0.5) is 4.79 Å². The number of carbonyl (C=O) groups excluding carboxylic acids is 1. The second-order valence-electron chi connectivity index (χ2n) is 3.71. The van der Waals surface area contributed by atoms with Crippen LogP contribution in [0, 0.1) is 7.11 Å². The van der Waals surface area contributed by atoms with Crippen LogP contribution in [0.2, 0.25) is 0 Å². The molecule has 0 bridgehead atoms. The first-order valence-electron chi connectivity index (χ1n) is 5.54. The van der Waals surface area contributed by atoms with Crippen molar-refractivity contribution in [3.8, 4) is 0 Å². The molecule has 1 radical (unpaired) electrons. The van der Waals surface area contributed by atoms with Crippen LogP contribution < -0.4 is 0 Å². The van der Waals surface area contributed by atoms with Crippen LogP contribution in [0.3, 0.4) is 0 Å². The number of benzene rings is 2. The molecule has 0 aliphatic carbocycles. The molecule has 18 heavy (non-hydrogen) atoms. The number of hydrogen-bond donors (Lipinski definition) is 0. The van der Waals surface area contributed by atoms with Crippen LogP contribution in [0.1, 0.15) is 17.2 Å². The molecule has 0 N–H and O–H groups in total. The quantitative estimate of drug-likeness (QED) is 0.768. The maximum atomic E-state index is 11.3. The lowest BCUT2D eigenvalue weighted by Crippen LogP contribution is -2.11. The molecule has 0 saturated heterocycles. The van der Waals surface area contributed by atoms with Crippen molar-refractivity contribution in [3.05, 3.63) is 78.9 Å². The molecule has 91 valence electrons. The van der Waals surface area contributed by atoms with Gasteiger partial charge in [-0.15, -0.1) is 0 Å². The zero-order chi connectivity index (χ0) is 12.8. The Bertz CT molecular complexity index is 454. The molecule has 2 rings (SSSR count). The Morgan fingerprint density at radius 2 is 1.33 bits per heavy atom. The van der Waals surface area contributed by atoms with Gasteiger partial charge in [-0.1, -0.05) is 60.7 Å². The first-order valence-corrected chi connectivity index (χ1v) is 5.54. The zero-order valence-electron chi connectivity index (χ0n) is 9.78. The minimum absolute atomic E-state index is 0.485. The van der Waals surface area contributed by atoms with Gasteiger partial charge in [0.2, 0.25) is 0 Å². The molecular formula is C15H13O3. The van der Waals surface area contributed by atoms with Crippen molar-refractivity contribution in [1.82, 2.24) is 0 Å². The van der Waals surface area contributed by atoms with Crippen molar-refractivity contribution in [2.75, 3.05) is 0 Å². The highest BCUT2D eigenvalue weighted by Crippen LogP contribution is 2.26. The highest BCUT2D eigenvalue weighted by atomic mass is 16.7. The van der Waals surface area contributed by atoms with Crippen molar-refractivity contribution in [1.29, 1.82) is 0 Å². The minimum Gasteiger partial charge on any atom is -0.431 e. The lowest BCUT2D eigenvalue weighted by Gasteiger charge is -2.17. The van der Waals surface area contributed by atoms with Crippen molar-refractivity contribution in [2.45, 2.75) is 6.10 Å². The van der Waals surface area contributed by atoms with E-state index in [-0.39, 0.29) is 0 Å².